The second-order valence-corrected chi connectivity index (χ2v) is 12.6. The molecule has 242 valence electrons. The van der Waals surface area contributed by atoms with Crippen LogP contribution in [0, 0.1) is 17.8 Å². The molecule has 3 N–H and O–H groups in total. The van der Waals surface area contributed by atoms with Gasteiger partial charge in [-0.05, 0) is 69.2 Å². The molecule has 0 aromatic heterocycles. The van der Waals surface area contributed by atoms with Crippen LogP contribution in [0.5, 0.6) is 0 Å². The first-order valence-corrected chi connectivity index (χ1v) is 15.5. The number of fused-ring (bicyclic) bond motifs is 3. The van der Waals surface area contributed by atoms with Gasteiger partial charge in [0.2, 0.25) is 23.5 Å². The number of carbonyl (C=O) groups is 4. The Labute approximate surface area is 260 Å². The summed E-state index contributed by atoms with van der Waals surface area (Å²) < 4.78 is 50.1. The van der Waals surface area contributed by atoms with Gasteiger partial charge in [0, 0.05) is 35.6 Å². The molecular formula is C31H40ClF3N4O5. The predicted octanol–water partition coefficient (Wildman–Crippen LogP) is 4.61. The molecule has 9 nitrogen and oxygen atoms in total. The van der Waals surface area contributed by atoms with Crippen molar-refractivity contribution in [3.8, 4) is 0 Å². The van der Waals surface area contributed by atoms with Crippen molar-refractivity contribution in [2.24, 2.45) is 17.8 Å². The lowest BCUT2D eigenvalue weighted by molar-refractivity contribution is -0.194. The highest BCUT2D eigenvalue weighted by Crippen LogP contribution is 2.49. The summed E-state index contributed by atoms with van der Waals surface area (Å²) in [6.45, 7) is 5.67. The van der Waals surface area contributed by atoms with Gasteiger partial charge in [-0.15, -0.1) is 0 Å². The number of carbonyl (C=O) groups excluding carboxylic acids is 4. The van der Waals surface area contributed by atoms with Gasteiger partial charge in [-0.3, -0.25) is 14.4 Å². The quantitative estimate of drug-likeness (QED) is 0.227. The molecule has 13 heteroatoms. The number of halogens is 4. The number of nitrogens with one attached hydrogen (secondary N) is 3. The third kappa shape index (κ3) is 7.86. The van der Waals surface area contributed by atoms with Crippen molar-refractivity contribution < 1.29 is 37.1 Å². The summed E-state index contributed by atoms with van der Waals surface area (Å²) in [5, 5.41) is 8.90. The van der Waals surface area contributed by atoms with Crippen molar-refractivity contribution in [3.63, 3.8) is 0 Å². The van der Waals surface area contributed by atoms with E-state index in [0.717, 1.165) is 6.08 Å². The van der Waals surface area contributed by atoms with E-state index in [9.17, 15) is 23.6 Å². The lowest BCUT2D eigenvalue weighted by Crippen LogP contribution is -2.70. The summed E-state index contributed by atoms with van der Waals surface area (Å²) >= 11 is 6.14. The van der Waals surface area contributed by atoms with E-state index < -0.39 is 72.0 Å². The smallest absolute Gasteiger partial charge is 0.366 e. The summed E-state index contributed by atoms with van der Waals surface area (Å²) in [6.07, 6.45) is 1.32. The van der Waals surface area contributed by atoms with Gasteiger partial charge in [0.25, 0.3) is 5.92 Å². The fourth-order valence-electron chi connectivity index (χ4n) is 6.53. The van der Waals surface area contributed by atoms with Crippen LogP contribution < -0.4 is 16.0 Å². The van der Waals surface area contributed by atoms with Crippen LogP contribution in [0.1, 0.15) is 59.3 Å². The number of benzene rings is 1. The van der Waals surface area contributed by atoms with E-state index in [1.54, 1.807) is 24.3 Å². The molecule has 1 aliphatic carbocycles. The van der Waals surface area contributed by atoms with Crippen LogP contribution in [0.25, 0.3) is 0 Å². The molecule has 3 saturated heterocycles. The molecule has 0 spiro atoms. The van der Waals surface area contributed by atoms with Crippen molar-refractivity contribution in [2.75, 3.05) is 18.5 Å². The molecule has 0 radical (unpaired) electrons. The van der Waals surface area contributed by atoms with Gasteiger partial charge in [0.05, 0.1) is 18.6 Å². The number of hydrogen-bond donors (Lipinski definition) is 3. The molecule has 5 rings (SSSR count). The van der Waals surface area contributed by atoms with Crippen LogP contribution in [0.4, 0.5) is 18.9 Å². The van der Waals surface area contributed by atoms with E-state index in [2.05, 4.69) is 16.0 Å². The third-order valence-electron chi connectivity index (χ3n) is 8.48. The van der Waals surface area contributed by atoms with E-state index in [0.29, 0.717) is 36.5 Å². The predicted molar refractivity (Wildman–Crippen MR) is 159 cm³/mol. The summed E-state index contributed by atoms with van der Waals surface area (Å²) in [5.74, 6) is -9.42. The molecule has 3 amide bonds. The van der Waals surface area contributed by atoms with Crippen LogP contribution in [-0.4, -0.2) is 71.8 Å². The minimum absolute atomic E-state index is 0.0266. The normalized spacial score (nSPS) is 25.8. The first-order valence-electron chi connectivity index (χ1n) is 15.1. The molecule has 1 saturated carbocycles. The molecular weight excluding hydrogens is 601 g/mol. The Morgan fingerprint density at radius 1 is 1.23 bits per heavy atom. The summed E-state index contributed by atoms with van der Waals surface area (Å²) in [5.41, 5.74) is 0.569. The molecule has 0 unspecified atom stereocenters. The zero-order valence-electron chi connectivity index (χ0n) is 25.1. The lowest BCUT2D eigenvalue weighted by Gasteiger charge is -2.54. The van der Waals surface area contributed by atoms with Gasteiger partial charge < -0.3 is 25.6 Å². The highest BCUT2D eigenvalue weighted by atomic mass is 35.5. The van der Waals surface area contributed by atoms with E-state index in [1.807, 2.05) is 13.8 Å². The van der Waals surface area contributed by atoms with Gasteiger partial charge in [-0.1, -0.05) is 31.5 Å². The molecule has 1 aromatic rings. The maximum atomic E-state index is 15.3. The number of piperidine rings is 2. The zero-order chi connectivity index (χ0) is 32.2. The Bertz CT molecular complexity index is 1280. The highest BCUT2D eigenvalue weighted by Gasteiger charge is 2.61. The molecule has 4 aliphatic rings. The Morgan fingerprint density at radius 2 is 1.98 bits per heavy atom. The number of ether oxygens (including phenoxy) is 1. The van der Waals surface area contributed by atoms with Crippen LogP contribution in [0.3, 0.4) is 0 Å². The van der Waals surface area contributed by atoms with Crippen LogP contribution >= 0.6 is 11.6 Å². The maximum Gasteiger partial charge on any atom is 0.366 e. The Hall–Kier alpha value is -3.28. The number of hydrogen-bond acceptors (Lipinski definition) is 6. The fourth-order valence-corrected chi connectivity index (χ4v) is 6.72. The van der Waals surface area contributed by atoms with E-state index >= 15 is 8.78 Å². The molecule has 6 atom stereocenters. The minimum Gasteiger partial charge on any atom is -0.461 e. The average molecular weight is 641 g/mol. The van der Waals surface area contributed by atoms with Crippen molar-refractivity contribution in [2.45, 2.75) is 89.4 Å². The second kappa shape index (κ2) is 14.2. The van der Waals surface area contributed by atoms with Crippen LogP contribution in [-0.2, 0) is 23.9 Å². The monoisotopic (exact) mass is 640 g/mol. The average Bonchev–Trinajstić information content (AvgIpc) is 3.35. The number of rotatable bonds is 12. The van der Waals surface area contributed by atoms with Crippen molar-refractivity contribution in [1.82, 2.24) is 15.5 Å². The number of esters is 1. The molecule has 2 bridgehead atoms. The lowest BCUT2D eigenvalue weighted by atomic mass is 9.71. The topological polar surface area (TPSA) is 117 Å². The molecule has 3 heterocycles. The zero-order valence-corrected chi connectivity index (χ0v) is 25.8. The molecule has 1 aromatic carbocycles. The Balaban J connectivity index is 1.65. The van der Waals surface area contributed by atoms with Gasteiger partial charge in [0.15, 0.2) is 0 Å². The highest BCUT2D eigenvalue weighted by molar-refractivity contribution is 6.30. The summed E-state index contributed by atoms with van der Waals surface area (Å²) in [7, 11) is 0. The van der Waals surface area contributed by atoms with Gasteiger partial charge in [-0.2, -0.15) is 4.39 Å². The number of anilines is 1. The largest absolute Gasteiger partial charge is 0.461 e. The van der Waals surface area contributed by atoms with Crippen molar-refractivity contribution in [3.05, 3.63) is 41.2 Å². The fraction of sp³-hybridized carbons (Fsp3) is 0.613. The molecule has 3 aliphatic heterocycles. The van der Waals surface area contributed by atoms with E-state index in [-0.39, 0.29) is 31.3 Å². The van der Waals surface area contributed by atoms with Gasteiger partial charge >= 0.3 is 5.97 Å². The first-order chi connectivity index (χ1) is 20.8. The van der Waals surface area contributed by atoms with E-state index in [1.165, 1.54) is 11.8 Å². The van der Waals surface area contributed by atoms with Crippen LogP contribution in [0.15, 0.2) is 36.2 Å². The number of amides is 3. The summed E-state index contributed by atoms with van der Waals surface area (Å²) in [4.78, 5) is 53.7. The standard InChI is InChI=1S/C31H40ClF3N4O5/c1-4-44-30(43)24(33)15-21(13-18-10-11-36-27(18)40)38-28(41)26-23-9-8-22(16-31(23,34)35)39(26)29(42)25(12-17(2)3)37-20-7-5-6-19(32)14-20/h5-7,14-15,17-18,21-23,25-26,37H,4,8-13,16H2,1-3H3,(H,36,40)(H,38,41)/b24-15-/t18-,21-,22+,23+,25+,26-/m1/s1. The number of alkyl halides is 2. The molecule has 4 fully saturated rings. The van der Waals surface area contributed by atoms with Gasteiger partial charge in [-0.25, -0.2) is 13.6 Å². The van der Waals surface area contributed by atoms with Crippen LogP contribution in [0.2, 0.25) is 5.02 Å². The third-order valence-corrected chi connectivity index (χ3v) is 8.71. The van der Waals surface area contributed by atoms with E-state index in [4.69, 9.17) is 16.3 Å². The Kier molecular flexibility index (Phi) is 10.9. The van der Waals surface area contributed by atoms with Crippen molar-refractivity contribution in [1.29, 1.82) is 0 Å². The SMILES string of the molecule is CCOC(=O)/C(F)=C/[C@@H](C[C@H]1CCNC1=O)NC(=O)[C@H]1[C@@H]2CC[C@@H](CC2(F)F)N1C(=O)[C@H](CC(C)C)Nc1cccc(Cl)c1. The Morgan fingerprint density at radius 3 is 2.59 bits per heavy atom. The second-order valence-electron chi connectivity index (χ2n) is 12.2. The molecule has 44 heavy (non-hydrogen) atoms. The first kappa shape index (κ1) is 33.6. The van der Waals surface area contributed by atoms with Gasteiger partial charge in [0.1, 0.15) is 12.1 Å². The minimum atomic E-state index is -3.21. The number of nitrogens with zero attached hydrogens (tertiary/aromatic N) is 1. The van der Waals surface area contributed by atoms with Crippen molar-refractivity contribution >= 4 is 41.0 Å². The maximum absolute atomic E-state index is 15.3. The summed E-state index contributed by atoms with van der Waals surface area (Å²) in [6, 6.07) is 2.33.